The van der Waals surface area contributed by atoms with Crippen molar-refractivity contribution in [1.29, 1.82) is 0 Å². The van der Waals surface area contributed by atoms with Gasteiger partial charge in [-0.25, -0.2) is 4.52 Å². The van der Waals surface area contributed by atoms with E-state index in [4.69, 9.17) is 0 Å². The highest BCUT2D eigenvalue weighted by Crippen LogP contribution is 2.27. The number of carbonyl (C=O) groups excluding carboxylic acids is 1. The van der Waals surface area contributed by atoms with Gasteiger partial charge in [0.25, 0.3) is 0 Å². The van der Waals surface area contributed by atoms with Crippen LogP contribution >= 0.6 is 11.3 Å². The Balaban J connectivity index is 1.95. The van der Waals surface area contributed by atoms with Gasteiger partial charge in [0.2, 0.25) is 4.96 Å². The summed E-state index contributed by atoms with van der Waals surface area (Å²) >= 11 is 1.54. The average molecular weight is 279 g/mol. The quantitative estimate of drug-likeness (QED) is 0.528. The molecule has 4 aromatic rings. The third kappa shape index (κ3) is 1.64. The monoisotopic (exact) mass is 279 g/mol. The van der Waals surface area contributed by atoms with Crippen molar-refractivity contribution in [2.24, 2.45) is 0 Å². The molecule has 0 unspecified atom stereocenters. The Morgan fingerprint density at radius 1 is 1.10 bits per heavy atom. The summed E-state index contributed by atoms with van der Waals surface area (Å²) in [6.45, 7) is 0. The van der Waals surface area contributed by atoms with Gasteiger partial charge in [0.1, 0.15) is 6.29 Å². The van der Waals surface area contributed by atoms with E-state index in [1.807, 2.05) is 47.0 Å². The summed E-state index contributed by atoms with van der Waals surface area (Å²) in [7, 11) is 0. The molecule has 0 bridgehead atoms. The minimum atomic E-state index is 0.672. The van der Waals surface area contributed by atoms with Crippen LogP contribution in [0, 0.1) is 0 Å². The highest BCUT2D eigenvalue weighted by Gasteiger charge is 2.11. The molecule has 0 fully saturated rings. The molecular weight excluding hydrogens is 270 g/mol. The van der Waals surface area contributed by atoms with E-state index >= 15 is 0 Å². The molecule has 0 N–H and O–H groups in total. The number of thiazole rings is 1. The maximum absolute atomic E-state index is 10.8. The zero-order valence-electron chi connectivity index (χ0n) is 10.4. The van der Waals surface area contributed by atoms with Crippen LogP contribution in [-0.2, 0) is 0 Å². The van der Waals surface area contributed by atoms with E-state index in [-0.39, 0.29) is 0 Å². The van der Waals surface area contributed by atoms with Crippen LogP contribution in [0.3, 0.4) is 0 Å². The molecular formula is C15H9N3OS. The molecule has 4 rings (SSSR count). The Kier molecular flexibility index (Phi) is 2.40. The fraction of sp³-hybridized carbons (Fsp3) is 0. The molecule has 0 spiro atoms. The number of benzene rings is 2. The summed E-state index contributed by atoms with van der Waals surface area (Å²) in [5.41, 5.74) is 2.65. The van der Waals surface area contributed by atoms with Crippen molar-refractivity contribution in [2.75, 3.05) is 0 Å². The molecule has 2 aromatic carbocycles. The van der Waals surface area contributed by atoms with E-state index in [1.165, 1.54) is 11.3 Å². The molecule has 0 aliphatic heterocycles. The maximum atomic E-state index is 10.8. The molecule has 5 heteroatoms. The predicted octanol–water partition coefficient (Wildman–Crippen LogP) is 3.42. The fourth-order valence-corrected chi connectivity index (χ4v) is 3.20. The van der Waals surface area contributed by atoms with Crippen LogP contribution in [0.15, 0.2) is 48.5 Å². The third-order valence-electron chi connectivity index (χ3n) is 3.16. The van der Waals surface area contributed by atoms with Crippen molar-refractivity contribution >= 4 is 32.8 Å². The van der Waals surface area contributed by atoms with Crippen LogP contribution in [0.4, 0.5) is 0 Å². The second kappa shape index (κ2) is 4.25. The Bertz CT molecular complexity index is 924. The molecule has 96 valence electrons. The summed E-state index contributed by atoms with van der Waals surface area (Å²) in [5, 5.41) is 4.55. The predicted molar refractivity (Wildman–Crippen MR) is 79.2 cm³/mol. The summed E-state index contributed by atoms with van der Waals surface area (Å²) < 4.78 is 2.85. The van der Waals surface area contributed by atoms with E-state index < -0.39 is 0 Å². The van der Waals surface area contributed by atoms with Gasteiger partial charge in [-0.3, -0.25) is 4.79 Å². The molecule has 0 aliphatic carbocycles. The number of hydrogen-bond donors (Lipinski definition) is 0. The molecule has 20 heavy (non-hydrogen) atoms. The Morgan fingerprint density at radius 3 is 2.75 bits per heavy atom. The van der Waals surface area contributed by atoms with Crippen molar-refractivity contribution in [3.05, 3.63) is 54.1 Å². The van der Waals surface area contributed by atoms with Gasteiger partial charge in [-0.1, -0.05) is 41.7 Å². The first-order valence-corrected chi connectivity index (χ1v) is 6.97. The molecule has 0 saturated carbocycles. The first-order chi connectivity index (χ1) is 9.85. The largest absolute Gasteiger partial charge is 0.298 e. The van der Waals surface area contributed by atoms with Gasteiger partial charge in [-0.15, -0.1) is 5.10 Å². The van der Waals surface area contributed by atoms with Crippen molar-refractivity contribution < 1.29 is 4.79 Å². The molecule has 0 atom stereocenters. The highest BCUT2D eigenvalue weighted by molar-refractivity contribution is 7.23. The number of rotatable bonds is 2. The summed E-state index contributed by atoms with van der Waals surface area (Å²) in [4.78, 5) is 16.2. The fourth-order valence-electron chi connectivity index (χ4n) is 2.19. The zero-order chi connectivity index (χ0) is 13.5. The summed E-state index contributed by atoms with van der Waals surface area (Å²) in [5.74, 6) is 0.721. The number of fused-ring (bicyclic) bond motifs is 3. The van der Waals surface area contributed by atoms with E-state index in [9.17, 15) is 4.79 Å². The molecule has 2 aromatic heterocycles. The van der Waals surface area contributed by atoms with E-state index in [0.717, 1.165) is 32.9 Å². The first-order valence-electron chi connectivity index (χ1n) is 6.15. The zero-order valence-corrected chi connectivity index (χ0v) is 11.2. The minimum absolute atomic E-state index is 0.672. The molecule has 0 radical (unpaired) electrons. The minimum Gasteiger partial charge on any atom is -0.298 e. The first kappa shape index (κ1) is 11.3. The van der Waals surface area contributed by atoms with E-state index in [0.29, 0.717) is 5.56 Å². The van der Waals surface area contributed by atoms with E-state index in [2.05, 4.69) is 10.1 Å². The second-order valence-corrected chi connectivity index (χ2v) is 5.45. The molecule has 0 amide bonds. The van der Waals surface area contributed by atoms with Crippen LogP contribution in [0.25, 0.3) is 26.6 Å². The Hall–Kier alpha value is -2.53. The topological polar surface area (TPSA) is 47.3 Å². The molecule has 4 nitrogen and oxygen atoms in total. The highest BCUT2D eigenvalue weighted by atomic mass is 32.1. The van der Waals surface area contributed by atoms with Crippen LogP contribution < -0.4 is 0 Å². The van der Waals surface area contributed by atoms with Crippen LogP contribution in [-0.4, -0.2) is 20.9 Å². The average Bonchev–Trinajstić information content (AvgIpc) is 3.05. The second-order valence-electron chi connectivity index (χ2n) is 4.44. The number of hydrogen-bond acceptors (Lipinski definition) is 4. The van der Waals surface area contributed by atoms with Crippen molar-refractivity contribution in [3.8, 4) is 11.4 Å². The van der Waals surface area contributed by atoms with Crippen LogP contribution in [0.2, 0.25) is 0 Å². The number of nitrogens with zero attached hydrogens (tertiary/aromatic N) is 3. The van der Waals surface area contributed by atoms with Gasteiger partial charge < -0.3 is 0 Å². The molecule has 2 heterocycles. The van der Waals surface area contributed by atoms with Gasteiger partial charge in [0, 0.05) is 11.1 Å². The summed E-state index contributed by atoms with van der Waals surface area (Å²) in [6.07, 6.45) is 0.852. The Morgan fingerprint density at radius 2 is 1.95 bits per heavy atom. The lowest BCUT2D eigenvalue weighted by atomic mass is 10.2. The van der Waals surface area contributed by atoms with E-state index in [1.54, 1.807) is 6.07 Å². The van der Waals surface area contributed by atoms with Gasteiger partial charge in [-0.05, 0) is 18.2 Å². The van der Waals surface area contributed by atoms with Gasteiger partial charge in [-0.2, -0.15) is 4.98 Å². The van der Waals surface area contributed by atoms with Gasteiger partial charge in [0.05, 0.1) is 10.2 Å². The van der Waals surface area contributed by atoms with Crippen LogP contribution in [0.5, 0.6) is 0 Å². The lowest BCUT2D eigenvalue weighted by Gasteiger charge is -1.93. The number of carbonyl (C=O) groups is 1. The van der Waals surface area contributed by atoms with Gasteiger partial charge in [0.15, 0.2) is 5.82 Å². The van der Waals surface area contributed by atoms with Crippen molar-refractivity contribution in [2.45, 2.75) is 0 Å². The third-order valence-corrected chi connectivity index (χ3v) is 4.15. The lowest BCUT2D eigenvalue weighted by molar-refractivity contribution is 0.112. The lowest BCUT2D eigenvalue weighted by Crippen LogP contribution is -1.86. The molecule has 0 saturated heterocycles. The van der Waals surface area contributed by atoms with Crippen molar-refractivity contribution in [1.82, 2.24) is 14.6 Å². The van der Waals surface area contributed by atoms with Crippen molar-refractivity contribution in [3.63, 3.8) is 0 Å². The normalized spacial score (nSPS) is 11.2. The van der Waals surface area contributed by atoms with Gasteiger partial charge >= 0.3 is 0 Å². The smallest absolute Gasteiger partial charge is 0.213 e. The number of aromatic nitrogens is 3. The summed E-state index contributed by atoms with van der Waals surface area (Å²) in [6, 6.07) is 15.5. The number of aldehydes is 1. The maximum Gasteiger partial charge on any atom is 0.213 e. The standard InChI is InChI=1S/C15H9N3OS/c19-9-10-6-7-12-13(8-10)20-15-16-14(17-18(12)15)11-4-2-1-3-5-11/h1-9H. The SMILES string of the molecule is O=Cc1ccc2c(c1)sc1nc(-c3ccccc3)nn12. The van der Waals surface area contributed by atoms with Crippen LogP contribution in [0.1, 0.15) is 10.4 Å². The molecule has 0 aliphatic rings. The Labute approximate surface area is 118 Å².